The van der Waals surface area contributed by atoms with E-state index in [0.29, 0.717) is 24.3 Å². The van der Waals surface area contributed by atoms with Crippen LogP contribution in [-0.4, -0.2) is 53.4 Å². The Morgan fingerprint density at radius 3 is 2.55 bits per heavy atom. The zero-order valence-electron chi connectivity index (χ0n) is 14.2. The molecule has 1 saturated heterocycles. The van der Waals surface area contributed by atoms with Gasteiger partial charge in [0.15, 0.2) is 0 Å². The first-order valence-corrected chi connectivity index (χ1v) is 8.43. The largest absolute Gasteiger partial charge is 0.343 e. The van der Waals surface area contributed by atoms with Crippen LogP contribution in [0.25, 0.3) is 0 Å². The summed E-state index contributed by atoms with van der Waals surface area (Å²) in [6.07, 6.45) is 7.65. The molecule has 0 atom stereocenters. The predicted octanol–water partition coefficient (Wildman–Crippen LogP) is 2.59. The lowest BCUT2D eigenvalue weighted by molar-refractivity contribution is -0.133. The Bertz CT molecular complexity index is 453. The first-order chi connectivity index (χ1) is 10.6. The van der Waals surface area contributed by atoms with Gasteiger partial charge in [-0.3, -0.25) is 9.78 Å². The van der Waals surface area contributed by atoms with Crippen molar-refractivity contribution >= 4 is 5.91 Å². The summed E-state index contributed by atoms with van der Waals surface area (Å²) in [5, 5.41) is 0. The van der Waals surface area contributed by atoms with Crippen LogP contribution >= 0.6 is 0 Å². The van der Waals surface area contributed by atoms with Crippen molar-refractivity contribution in [1.29, 1.82) is 0 Å². The molecule has 0 bridgehead atoms. The number of likely N-dealkylation sites (tertiary alicyclic amines) is 1. The van der Waals surface area contributed by atoms with Gasteiger partial charge >= 0.3 is 0 Å². The van der Waals surface area contributed by atoms with Crippen LogP contribution in [0.1, 0.15) is 38.7 Å². The van der Waals surface area contributed by atoms with Gasteiger partial charge in [-0.1, -0.05) is 13.8 Å². The third kappa shape index (κ3) is 5.09. The van der Waals surface area contributed by atoms with Gasteiger partial charge < -0.3 is 9.80 Å². The first kappa shape index (κ1) is 16.9. The minimum absolute atomic E-state index is 0.297. The summed E-state index contributed by atoms with van der Waals surface area (Å²) in [6, 6.07) is 4.60. The Hall–Kier alpha value is -1.42. The van der Waals surface area contributed by atoms with Gasteiger partial charge in [-0.25, -0.2) is 0 Å². The monoisotopic (exact) mass is 303 g/mol. The fourth-order valence-corrected chi connectivity index (χ4v) is 3.06. The molecule has 22 heavy (non-hydrogen) atoms. The Kier molecular flexibility index (Phi) is 6.37. The molecule has 0 unspecified atom stereocenters. The van der Waals surface area contributed by atoms with Crippen LogP contribution in [0.5, 0.6) is 0 Å². The molecule has 0 aromatic carbocycles. The molecular formula is C18H29N3O. The van der Waals surface area contributed by atoms with Crippen molar-refractivity contribution in [1.82, 2.24) is 14.8 Å². The lowest BCUT2D eigenvalue weighted by atomic mass is 10.0. The van der Waals surface area contributed by atoms with Crippen LogP contribution in [0.4, 0.5) is 0 Å². The van der Waals surface area contributed by atoms with E-state index in [-0.39, 0.29) is 0 Å². The topological polar surface area (TPSA) is 36.4 Å². The van der Waals surface area contributed by atoms with E-state index < -0.39 is 0 Å². The molecule has 1 aliphatic rings. The van der Waals surface area contributed by atoms with Gasteiger partial charge in [0.05, 0.1) is 0 Å². The summed E-state index contributed by atoms with van der Waals surface area (Å²) in [4.78, 5) is 20.7. The maximum atomic E-state index is 12.2. The Balaban J connectivity index is 1.72. The van der Waals surface area contributed by atoms with Gasteiger partial charge in [0.1, 0.15) is 0 Å². The Morgan fingerprint density at radius 2 is 1.95 bits per heavy atom. The normalized spacial score (nSPS) is 16.9. The molecule has 1 aromatic rings. The highest BCUT2D eigenvalue weighted by Crippen LogP contribution is 2.17. The minimum atomic E-state index is 0.297. The Labute approximate surface area is 134 Å². The average molecular weight is 303 g/mol. The molecular weight excluding hydrogens is 274 g/mol. The fraction of sp³-hybridized carbons (Fsp3) is 0.667. The predicted molar refractivity (Wildman–Crippen MR) is 89.6 cm³/mol. The zero-order chi connectivity index (χ0) is 15.9. The van der Waals surface area contributed by atoms with Crippen molar-refractivity contribution in [2.45, 2.75) is 45.6 Å². The van der Waals surface area contributed by atoms with Crippen LogP contribution in [0, 0.1) is 5.92 Å². The minimum Gasteiger partial charge on any atom is -0.343 e. The van der Waals surface area contributed by atoms with E-state index in [0.717, 1.165) is 38.9 Å². The molecule has 0 saturated carbocycles. The quantitative estimate of drug-likeness (QED) is 0.810. The molecule has 1 amide bonds. The van der Waals surface area contributed by atoms with E-state index in [1.807, 2.05) is 24.3 Å². The lowest BCUT2D eigenvalue weighted by Crippen LogP contribution is -2.46. The van der Waals surface area contributed by atoms with Gasteiger partial charge in [0.25, 0.3) is 0 Å². The molecule has 1 aromatic heterocycles. The maximum Gasteiger partial charge on any atom is 0.222 e. The molecule has 122 valence electrons. The second-order valence-electron chi connectivity index (χ2n) is 6.78. The number of piperidine rings is 1. The summed E-state index contributed by atoms with van der Waals surface area (Å²) in [6.45, 7) is 7.49. The van der Waals surface area contributed by atoms with Gasteiger partial charge in [-0.05, 0) is 42.9 Å². The van der Waals surface area contributed by atoms with Crippen molar-refractivity contribution in [2.24, 2.45) is 5.92 Å². The molecule has 4 heteroatoms. The lowest BCUT2D eigenvalue weighted by Gasteiger charge is -2.37. The number of carbonyl (C=O) groups is 1. The molecule has 2 heterocycles. The summed E-state index contributed by atoms with van der Waals surface area (Å²) in [7, 11) is 1.97. The van der Waals surface area contributed by atoms with Crippen LogP contribution in [-0.2, 0) is 11.2 Å². The van der Waals surface area contributed by atoms with E-state index in [2.05, 4.69) is 35.9 Å². The van der Waals surface area contributed by atoms with E-state index in [9.17, 15) is 4.79 Å². The van der Waals surface area contributed by atoms with Crippen molar-refractivity contribution in [3.63, 3.8) is 0 Å². The first-order valence-electron chi connectivity index (χ1n) is 8.43. The number of aromatic nitrogens is 1. The van der Waals surface area contributed by atoms with Crippen molar-refractivity contribution in [3.8, 4) is 0 Å². The van der Waals surface area contributed by atoms with E-state index in [1.54, 1.807) is 0 Å². The van der Waals surface area contributed by atoms with E-state index in [4.69, 9.17) is 0 Å². The number of pyridine rings is 1. The van der Waals surface area contributed by atoms with Crippen molar-refractivity contribution in [2.75, 3.05) is 26.7 Å². The second kappa shape index (κ2) is 8.28. The fourth-order valence-electron chi connectivity index (χ4n) is 3.06. The Morgan fingerprint density at radius 1 is 1.32 bits per heavy atom. The molecule has 0 spiro atoms. The number of amides is 1. The maximum absolute atomic E-state index is 12.2. The van der Waals surface area contributed by atoms with Gasteiger partial charge in [-0.15, -0.1) is 0 Å². The molecule has 2 rings (SSSR count). The van der Waals surface area contributed by atoms with E-state index >= 15 is 0 Å². The number of hydrogen-bond acceptors (Lipinski definition) is 3. The average Bonchev–Trinajstić information content (AvgIpc) is 2.53. The third-order valence-electron chi connectivity index (χ3n) is 4.55. The summed E-state index contributed by atoms with van der Waals surface area (Å²) in [5.41, 5.74) is 1.35. The second-order valence-corrected chi connectivity index (χ2v) is 6.78. The van der Waals surface area contributed by atoms with Crippen LogP contribution in [0.2, 0.25) is 0 Å². The highest BCUT2D eigenvalue weighted by molar-refractivity contribution is 5.76. The van der Waals surface area contributed by atoms with Gasteiger partial charge in [0.2, 0.25) is 5.91 Å². The van der Waals surface area contributed by atoms with Crippen molar-refractivity contribution < 1.29 is 4.79 Å². The van der Waals surface area contributed by atoms with Crippen molar-refractivity contribution in [3.05, 3.63) is 30.1 Å². The van der Waals surface area contributed by atoms with Crippen LogP contribution < -0.4 is 0 Å². The highest BCUT2D eigenvalue weighted by Gasteiger charge is 2.25. The molecule has 1 aliphatic heterocycles. The highest BCUT2D eigenvalue weighted by atomic mass is 16.2. The van der Waals surface area contributed by atoms with E-state index in [1.165, 1.54) is 5.56 Å². The molecule has 1 fully saturated rings. The van der Waals surface area contributed by atoms with Crippen LogP contribution in [0.15, 0.2) is 24.5 Å². The van der Waals surface area contributed by atoms with Gasteiger partial charge in [0, 0.05) is 51.5 Å². The zero-order valence-corrected chi connectivity index (χ0v) is 14.2. The third-order valence-corrected chi connectivity index (χ3v) is 4.55. The number of rotatable bonds is 6. The molecule has 0 radical (unpaired) electrons. The molecule has 0 N–H and O–H groups in total. The number of hydrogen-bond donors (Lipinski definition) is 0. The SMILES string of the molecule is CC(C)CC(=O)N(C)C1CCN(CCc2ccncc2)CC1. The smallest absolute Gasteiger partial charge is 0.222 e. The number of nitrogens with zero attached hydrogens (tertiary/aromatic N) is 3. The summed E-state index contributed by atoms with van der Waals surface area (Å²) in [5.74, 6) is 0.737. The molecule has 0 aliphatic carbocycles. The van der Waals surface area contributed by atoms with Gasteiger partial charge in [-0.2, -0.15) is 0 Å². The number of carbonyl (C=O) groups excluding carboxylic acids is 1. The molecule has 4 nitrogen and oxygen atoms in total. The standard InChI is InChI=1S/C18H29N3O/c1-15(2)14-18(22)20(3)17-7-12-21(13-8-17)11-6-16-4-9-19-10-5-16/h4-5,9-10,15,17H,6-8,11-14H2,1-3H3. The summed E-state index contributed by atoms with van der Waals surface area (Å²) < 4.78 is 0. The van der Waals surface area contributed by atoms with Crippen LogP contribution in [0.3, 0.4) is 0 Å². The summed E-state index contributed by atoms with van der Waals surface area (Å²) >= 11 is 0.